The standard InChI is InChI=1S/C28H28FN3O2/c29-22-10-8-19(9-11-22)20-14-16-32(17-15-20)18-23-12-13-25(27(33)30-23)28(34)31-26-7-3-5-21-4-1-2-6-24(21)26/h1-2,4,6,8-14,26H,3,5,7,15-18H2,(H,30,33)(H,31,34). The molecule has 0 fully saturated rings. The van der Waals surface area contributed by atoms with Gasteiger partial charge >= 0.3 is 0 Å². The first kappa shape index (κ1) is 22.3. The van der Waals surface area contributed by atoms with Gasteiger partial charge in [0.1, 0.15) is 11.4 Å². The number of nitrogens with one attached hydrogen (secondary N) is 2. The van der Waals surface area contributed by atoms with Gasteiger partial charge < -0.3 is 10.3 Å². The van der Waals surface area contributed by atoms with Gasteiger partial charge in [-0.25, -0.2) is 4.39 Å². The molecule has 0 bridgehead atoms. The number of aromatic amines is 1. The molecule has 2 aliphatic rings. The van der Waals surface area contributed by atoms with Gasteiger partial charge in [0.15, 0.2) is 0 Å². The van der Waals surface area contributed by atoms with Crippen LogP contribution in [0.1, 0.15) is 58.0 Å². The molecule has 0 spiro atoms. The minimum Gasteiger partial charge on any atom is -0.345 e. The third kappa shape index (κ3) is 4.87. The lowest BCUT2D eigenvalue weighted by Crippen LogP contribution is -2.35. The molecule has 2 heterocycles. The zero-order valence-corrected chi connectivity index (χ0v) is 19.0. The van der Waals surface area contributed by atoms with Crippen LogP contribution in [0.2, 0.25) is 0 Å². The Morgan fingerprint density at radius 2 is 1.88 bits per heavy atom. The van der Waals surface area contributed by atoms with Crippen LogP contribution in [-0.4, -0.2) is 28.9 Å². The van der Waals surface area contributed by atoms with Crippen LogP contribution in [0, 0.1) is 5.82 Å². The zero-order valence-electron chi connectivity index (χ0n) is 19.0. The highest BCUT2D eigenvalue weighted by atomic mass is 19.1. The first-order valence-electron chi connectivity index (χ1n) is 11.8. The molecular formula is C28H28FN3O2. The Labute approximate surface area is 198 Å². The lowest BCUT2D eigenvalue weighted by molar-refractivity contribution is 0.0931. The van der Waals surface area contributed by atoms with Gasteiger partial charge in [0.05, 0.1) is 6.04 Å². The predicted molar refractivity (Wildman–Crippen MR) is 131 cm³/mol. The van der Waals surface area contributed by atoms with E-state index in [0.717, 1.165) is 55.6 Å². The van der Waals surface area contributed by atoms with Gasteiger partial charge in [-0.2, -0.15) is 0 Å². The number of benzene rings is 2. The van der Waals surface area contributed by atoms with Crippen LogP contribution in [0.4, 0.5) is 4.39 Å². The molecule has 2 N–H and O–H groups in total. The molecule has 174 valence electrons. The first-order chi connectivity index (χ1) is 16.6. The summed E-state index contributed by atoms with van der Waals surface area (Å²) in [4.78, 5) is 30.7. The number of carbonyl (C=O) groups is 1. The second-order valence-corrected chi connectivity index (χ2v) is 9.06. The van der Waals surface area contributed by atoms with E-state index in [1.54, 1.807) is 6.07 Å². The maximum atomic E-state index is 13.2. The summed E-state index contributed by atoms with van der Waals surface area (Å²) >= 11 is 0. The molecule has 1 unspecified atom stereocenters. The summed E-state index contributed by atoms with van der Waals surface area (Å²) in [6.07, 6.45) is 5.93. The molecule has 6 heteroatoms. The minimum atomic E-state index is -0.362. The van der Waals surface area contributed by atoms with E-state index < -0.39 is 0 Å². The van der Waals surface area contributed by atoms with Crippen LogP contribution in [0.3, 0.4) is 0 Å². The molecule has 0 saturated carbocycles. The van der Waals surface area contributed by atoms with Gasteiger partial charge in [-0.1, -0.05) is 42.5 Å². The van der Waals surface area contributed by atoms with E-state index in [0.29, 0.717) is 6.54 Å². The van der Waals surface area contributed by atoms with Crippen molar-refractivity contribution in [1.82, 2.24) is 15.2 Å². The Morgan fingerprint density at radius 1 is 1.06 bits per heavy atom. The normalized spacial score (nSPS) is 18.1. The molecule has 1 amide bonds. The number of halogens is 1. The number of hydrogen-bond acceptors (Lipinski definition) is 3. The number of carbonyl (C=O) groups excluding carboxylic acids is 1. The van der Waals surface area contributed by atoms with Crippen molar-refractivity contribution < 1.29 is 9.18 Å². The second-order valence-electron chi connectivity index (χ2n) is 9.06. The number of rotatable bonds is 5. The van der Waals surface area contributed by atoms with Crippen molar-refractivity contribution >= 4 is 11.5 Å². The largest absolute Gasteiger partial charge is 0.345 e. The van der Waals surface area contributed by atoms with Crippen molar-refractivity contribution in [1.29, 1.82) is 0 Å². The summed E-state index contributed by atoms with van der Waals surface area (Å²) in [7, 11) is 0. The Morgan fingerprint density at radius 3 is 2.65 bits per heavy atom. The SMILES string of the molecule is O=C(NC1CCCc2ccccc21)c1ccc(CN2CC=C(c3ccc(F)cc3)CC2)[nH]c1=O. The smallest absolute Gasteiger partial charge is 0.261 e. The highest BCUT2D eigenvalue weighted by Gasteiger charge is 2.23. The van der Waals surface area contributed by atoms with Crippen LogP contribution in [0.5, 0.6) is 0 Å². The van der Waals surface area contributed by atoms with E-state index in [1.165, 1.54) is 23.3 Å². The maximum Gasteiger partial charge on any atom is 0.261 e. The fourth-order valence-electron chi connectivity index (χ4n) is 4.95. The van der Waals surface area contributed by atoms with Gasteiger partial charge in [0, 0.05) is 25.3 Å². The fourth-order valence-corrected chi connectivity index (χ4v) is 4.95. The Hall–Kier alpha value is -3.51. The van der Waals surface area contributed by atoms with Crippen molar-refractivity contribution in [2.75, 3.05) is 13.1 Å². The van der Waals surface area contributed by atoms with Crippen LogP contribution in [0.25, 0.3) is 5.57 Å². The van der Waals surface area contributed by atoms with E-state index in [9.17, 15) is 14.0 Å². The molecule has 34 heavy (non-hydrogen) atoms. The number of H-pyrrole nitrogens is 1. The summed E-state index contributed by atoms with van der Waals surface area (Å²) in [6.45, 7) is 2.19. The van der Waals surface area contributed by atoms with Crippen LogP contribution < -0.4 is 10.9 Å². The lowest BCUT2D eigenvalue weighted by Gasteiger charge is -2.27. The van der Waals surface area contributed by atoms with Gasteiger partial charge in [-0.3, -0.25) is 14.5 Å². The Kier molecular flexibility index (Phi) is 6.41. The Bertz CT molecular complexity index is 1280. The molecule has 5 nitrogen and oxygen atoms in total. The third-order valence-electron chi connectivity index (χ3n) is 6.79. The van der Waals surface area contributed by atoms with E-state index in [2.05, 4.69) is 33.4 Å². The number of hydrogen-bond donors (Lipinski definition) is 2. The average molecular weight is 458 g/mol. The van der Waals surface area contributed by atoms with Gasteiger partial charge in [-0.15, -0.1) is 0 Å². The molecule has 0 radical (unpaired) electrons. The molecule has 1 aromatic heterocycles. The zero-order chi connectivity index (χ0) is 23.5. The summed E-state index contributed by atoms with van der Waals surface area (Å²) in [5.74, 6) is -0.564. The quantitative estimate of drug-likeness (QED) is 0.588. The molecule has 3 aromatic rings. The van der Waals surface area contributed by atoms with E-state index in [4.69, 9.17) is 0 Å². The van der Waals surface area contributed by atoms with Gasteiger partial charge in [0.25, 0.3) is 11.5 Å². The van der Waals surface area contributed by atoms with Crippen molar-refractivity contribution in [3.8, 4) is 0 Å². The van der Waals surface area contributed by atoms with E-state index in [-0.39, 0.29) is 28.9 Å². The van der Waals surface area contributed by atoms with Crippen LogP contribution in [-0.2, 0) is 13.0 Å². The number of nitrogens with zero attached hydrogens (tertiary/aromatic N) is 1. The molecular weight excluding hydrogens is 429 g/mol. The number of fused-ring (bicyclic) bond motifs is 1. The lowest BCUT2D eigenvalue weighted by atomic mass is 9.87. The highest BCUT2D eigenvalue weighted by Crippen LogP contribution is 2.29. The monoisotopic (exact) mass is 457 g/mol. The molecule has 5 rings (SSSR count). The fraction of sp³-hybridized carbons (Fsp3) is 0.286. The predicted octanol–water partition coefficient (Wildman–Crippen LogP) is 4.61. The highest BCUT2D eigenvalue weighted by molar-refractivity contribution is 5.94. The minimum absolute atomic E-state index is 0.0630. The third-order valence-corrected chi connectivity index (χ3v) is 6.79. The van der Waals surface area contributed by atoms with Crippen LogP contribution in [0.15, 0.2) is 71.5 Å². The Balaban J connectivity index is 1.22. The van der Waals surface area contributed by atoms with Crippen LogP contribution >= 0.6 is 0 Å². The summed E-state index contributed by atoms with van der Waals surface area (Å²) < 4.78 is 13.2. The van der Waals surface area contributed by atoms with E-state index >= 15 is 0 Å². The van der Waals surface area contributed by atoms with Crippen molar-refractivity contribution in [2.45, 2.75) is 38.3 Å². The number of aryl methyl sites for hydroxylation is 1. The van der Waals surface area contributed by atoms with Crippen molar-refractivity contribution in [3.05, 3.63) is 111 Å². The average Bonchev–Trinajstić information content (AvgIpc) is 2.85. The van der Waals surface area contributed by atoms with Crippen molar-refractivity contribution in [2.24, 2.45) is 0 Å². The molecule has 2 aromatic carbocycles. The molecule has 1 aliphatic heterocycles. The van der Waals surface area contributed by atoms with Crippen molar-refractivity contribution in [3.63, 3.8) is 0 Å². The molecule has 1 aliphatic carbocycles. The first-order valence-corrected chi connectivity index (χ1v) is 11.8. The second kappa shape index (κ2) is 9.77. The summed E-state index contributed by atoms with van der Waals surface area (Å²) in [5, 5.41) is 3.06. The molecule has 0 saturated heterocycles. The van der Waals surface area contributed by atoms with Gasteiger partial charge in [-0.05, 0) is 72.2 Å². The summed E-state index contributed by atoms with van der Waals surface area (Å²) in [5.41, 5.74) is 5.23. The molecule has 1 atom stereocenters. The van der Waals surface area contributed by atoms with Gasteiger partial charge in [0.2, 0.25) is 0 Å². The number of aromatic nitrogens is 1. The van der Waals surface area contributed by atoms with E-state index in [1.807, 2.05) is 30.3 Å². The number of pyridine rings is 1. The number of amides is 1. The topological polar surface area (TPSA) is 65.2 Å². The maximum absolute atomic E-state index is 13.2. The summed E-state index contributed by atoms with van der Waals surface area (Å²) in [6, 6.07) is 18.1.